The van der Waals surface area contributed by atoms with Gasteiger partial charge in [0.05, 0.1) is 12.8 Å². The molecule has 0 atom stereocenters. The summed E-state index contributed by atoms with van der Waals surface area (Å²) in [7, 11) is 5.80. The molecule has 0 unspecified atom stereocenters. The highest BCUT2D eigenvalue weighted by molar-refractivity contribution is 5.74. The van der Waals surface area contributed by atoms with Gasteiger partial charge in [-0.1, -0.05) is 41.5 Å². The van der Waals surface area contributed by atoms with E-state index in [-0.39, 0.29) is 10.8 Å². The fraction of sp³-hybridized carbons (Fsp3) is 0.500. The normalized spacial score (nSPS) is 12.4. The molecular formula is C24H36N2O2. The van der Waals surface area contributed by atoms with Crippen molar-refractivity contribution < 1.29 is 9.84 Å². The zero-order chi connectivity index (χ0) is 21.3. The van der Waals surface area contributed by atoms with Crippen LogP contribution in [-0.2, 0) is 17.4 Å². The molecule has 2 aromatic carbocycles. The number of phenolic OH excluding ortho intramolecular Hbond substituents is 1. The number of hydrogen-bond acceptors (Lipinski definition) is 4. The Kier molecular flexibility index (Phi) is 6.34. The molecule has 4 nitrogen and oxygen atoms in total. The van der Waals surface area contributed by atoms with Gasteiger partial charge in [0.2, 0.25) is 0 Å². The molecule has 0 aromatic heterocycles. The summed E-state index contributed by atoms with van der Waals surface area (Å²) in [5.74, 6) is 1.21. The molecule has 0 saturated carbocycles. The van der Waals surface area contributed by atoms with E-state index in [0.29, 0.717) is 5.75 Å². The molecular weight excluding hydrogens is 348 g/mol. The second-order valence-electron chi connectivity index (χ2n) is 9.77. The van der Waals surface area contributed by atoms with Crippen molar-refractivity contribution in [2.75, 3.05) is 26.5 Å². The van der Waals surface area contributed by atoms with Gasteiger partial charge < -0.3 is 20.1 Å². The molecule has 0 amide bonds. The zero-order valence-corrected chi connectivity index (χ0v) is 18.9. The second-order valence-corrected chi connectivity index (χ2v) is 9.77. The number of rotatable bonds is 5. The third kappa shape index (κ3) is 4.99. The first-order valence-corrected chi connectivity index (χ1v) is 9.80. The Morgan fingerprint density at radius 2 is 1.54 bits per heavy atom. The van der Waals surface area contributed by atoms with Crippen LogP contribution < -0.4 is 10.1 Å². The van der Waals surface area contributed by atoms with Gasteiger partial charge in [-0.3, -0.25) is 0 Å². The summed E-state index contributed by atoms with van der Waals surface area (Å²) >= 11 is 0. The number of anilines is 2. The lowest BCUT2D eigenvalue weighted by Crippen LogP contribution is -2.22. The summed E-state index contributed by atoms with van der Waals surface area (Å²) in [6, 6.07) is 10.0. The van der Waals surface area contributed by atoms with E-state index < -0.39 is 0 Å². The van der Waals surface area contributed by atoms with Gasteiger partial charge in [-0.25, -0.2) is 0 Å². The van der Waals surface area contributed by atoms with Crippen LogP contribution in [0.2, 0.25) is 0 Å². The molecule has 154 valence electrons. The first kappa shape index (κ1) is 22.1. The van der Waals surface area contributed by atoms with E-state index >= 15 is 0 Å². The summed E-state index contributed by atoms with van der Waals surface area (Å²) in [6.45, 7) is 13.7. The standard InChI is InChI=1S/C24H36N2O2/c1-23(2,3)19-14-16(15-26(7)8)21(20(22(19)27)24(4,5)6)25-17-10-12-18(28-9)13-11-17/h10-14,25,27H,15H2,1-9H3. The fourth-order valence-electron chi connectivity index (χ4n) is 3.46. The Morgan fingerprint density at radius 1 is 0.964 bits per heavy atom. The van der Waals surface area contributed by atoms with Crippen LogP contribution in [0.25, 0.3) is 0 Å². The molecule has 2 rings (SSSR count). The first-order valence-electron chi connectivity index (χ1n) is 9.80. The molecule has 0 heterocycles. The van der Waals surface area contributed by atoms with Gasteiger partial charge in [0, 0.05) is 17.8 Å². The number of benzene rings is 2. The third-order valence-electron chi connectivity index (χ3n) is 4.79. The van der Waals surface area contributed by atoms with Crippen LogP contribution >= 0.6 is 0 Å². The van der Waals surface area contributed by atoms with E-state index in [1.54, 1.807) is 7.11 Å². The minimum atomic E-state index is -0.221. The van der Waals surface area contributed by atoms with Gasteiger partial charge in [0.15, 0.2) is 0 Å². The number of nitrogens with one attached hydrogen (secondary N) is 1. The van der Waals surface area contributed by atoms with Gasteiger partial charge in [-0.15, -0.1) is 0 Å². The van der Waals surface area contributed by atoms with E-state index in [9.17, 15) is 5.11 Å². The SMILES string of the molecule is COc1ccc(Nc2c(CN(C)C)cc(C(C)(C)C)c(O)c2C(C)(C)C)cc1. The van der Waals surface area contributed by atoms with E-state index in [1.165, 1.54) is 5.56 Å². The smallest absolute Gasteiger partial charge is 0.125 e. The Hall–Kier alpha value is -2.20. The maximum Gasteiger partial charge on any atom is 0.125 e. The van der Waals surface area contributed by atoms with Gasteiger partial charge in [0.1, 0.15) is 11.5 Å². The Morgan fingerprint density at radius 3 is 1.96 bits per heavy atom. The van der Waals surface area contributed by atoms with Gasteiger partial charge >= 0.3 is 0 Å². The lowest BCUT2D eigenvalue weighted by molar-refractivity contribution is 0.397. The van der Waals surface area contributed by atoms with E-state index in [2.05, 4.69) is 71.9 Å². The number of hydrogen-bond donors (Lipinski definition) is 2. The topological polar surface area (TPSA) is 44.7 Å². The van der Waals surface area contributed by atoms with Gasteiger partial charge in [-0.05, 0) is 66.4 Å². The molecule has 28 heavy (non-hydrogen) atoms. The van der Waals surface area contributed by atoms with Crippen molar-refractivity contribution in [3.8, 4) is 11.5 Å². The van der Waals surface area contributed by atoms with Crippen LogP contribution in [0.5, 0.6) is 11.5 Å². The highest BCUT2D eigenvalue weighted by atomic mass is 16.5. The van der Waals surface area contributed by atoms with Crippen LogP contribution in [0, 0.1) is 0 Å². The summed E-state index contributed by atoms with van der Waals surface area (Å²) in [6.07, 6.45) is 0. The molecule has 0 fully saturated rings. The predicted molar refractivity (Wildman–Crippen MR) is 119 cm³/mol. The second kappa shape index (κ2) is 8.04. The molecule has 0 saturated heterocycles. The van der Waals surface area contributed by atoms with Crippen molar-refractivity contribution in [3.05, 3.63) is 47.0 Å². The minimum Gasteiger partial charge on any atom is -0.507 e. The van der Waals surface area contributed by atoms with Crippen LogP contribution in [-0.4, -0.2) is 31.2 Å². The molecule has 0 spiro atoms. The average molecular weight is 385 g/mol. The van der Waals surface area contributed by atoms with Crippen molar-refractivity contribution >= 4 is 11.4 Å². The number of ether oxygens (including phenoxy) is 1. The van der Waals surface area contributed by atoms with Crippen LogP contribution in [0.4, 0.5) is 11.4 Å². The van der Waals surface area contributed by atoms with Gasteiger partial charge in [0.25, 0.3) is 0 Å². The molecule has 2 N–H and O–H groups in total. The molecule has 4 heteroatoms. The van der Waals surface area contributed by atoms with Crippen molar-refractivity contribution in [1.29, 1.82) is 0 Å². The van der Waals surface area contributed by atoms with E-state index in [4.69, 9.17) is 4.74 Å². The van der Waals surface area contributed by atoms with Crippen LogP contribution in [0.1, 0.15) is 58.2 Å². The Balaban J connectivity index is 2.73. The number of phenols is 1. The van der Waals surface area contributed by atoms with Gasteiger partial charge in [-0.2, -0.15) is 0 Å². The van der Waals surface area contributed by atoms with Crippen molar-refractivity contribution in [2.24, 2.45) is 0 Å². The largest absolute Gasteiger partial charge is 0.507 e. The number of methoxy groups -OCH3 is 1. The van der Waals surface area contributed by atoms with Crippen LogP contribution in [0.15, 0.2) is 30.3 Å². The summed E-state index contributed by atoms with van der Waals surface area (Å²) < 4.78 is 5.27. The predicted octanol–water partition coefficient (Wildman–Crippen LogP) is 5.80. The Labute approximate surface area is 170 Å². The molecule has 2 aromatic rings. The van der Waals surface area contributed by atoms with E-state index in [1.807, 2.05) is 24.3 Å². The maximum atomic E-state index is 11.3. The number of nitrogens with zero attached hydrogens (tertiary/aromatic N) is 1. The highest BCUT2D eigenvalue weighted by Crippen LogP contribution is 2.46. The maximum absolute atomic E-state index is 11.3. The molecule has 0 bridgehead atoms. The average Bonchev–Trinajstić information content (AvgIpc) is 2.55. The highest BCUT2D eigenvalue weighted by Gasteiger charge is 2.30. The lowest BCUT2D eigenvalue weighted by Gasteiger charge is -2.32. The van der Waals surface area contributed by atoms with Crippen molar-refractivity contribution in [1.82, 2.24) is 4.90 Å². The molecule has 0 radical (unpaired) electrons. The summed E-state index contributed by atoms with van der Waals surface area (Å²) in [5.41, 5.74) is 4.69. The molecule has 0 aliphatic rings. The van der Waals surface area contributed by atoms with Crippen molar-refractivity contribution in [2.45, 2.75) is 58.9 Å². The monoisotopic (exact) mass is 384 g/mol. The third-order valence-corrected chi connectivity index (χ3v) is 4.79. The summed E-state index contributed by atoms with van der Waals surface area (Å²) in [5, 5.41) is 14.9. The quantitative estimate of drug-likeness (QED) is 0.684. The molecule has 0 aliphatic carbocycles. The fourth-order valence-corrected chi connectivity index (χ4v) is 3.46. The Bertz CT molecular complexity index is 810. The summed E-state index contributed by atoms with van der Waals surface area (Å²) in [4.78, 5) is 2.16. The first-order chi connectivity index (χ1) is 12.8. The molecule has 0 aliphatic heterocycles. The zero-order valence-electron chi connectivity index (χ0n) is 18.9. The number of aromatic hydroxyl groups is 1. The van der Waals surface area contributed by atoms with Crippen LogP contribution in [0.3, 0.4) is 0 Å². The lowest BCUT2D eigenvalue weighted by atomic mass is 9.77. The van der Waals surface area contributed by atoms with E-state index in [0.717, 1.165) is 34.8 Å². The van der Waals surface area contributed by atoms with Crippen molar-refractivity contribution in [3.63, 3.8) is 0 Å². The minimum absolute atomic E-state index is 0.149.